The van der Waals surface area contributed by atoms with Gasteiger partial charge in [-0.1, -0.05) is 15.9 Å². The van der Waals surface area contributed by atoms with Crippen molar-refractivity contribution in [1.29, 1.82) is 0 Å². The molecule has 2 heterocycles. The van der Waals surface area contributed by atoms with E-state index in [0.29, 0.717) is 5.69 Å². The standard InChI is InChI=1S/C18H18BrN3O5/c1-3-27-18(26)14-13-15(21(20-14)9-8-10(2)23)17(25)22(16(13)24)12-6-4-11(19)5-7-12/h4-7,13,15H,3,8-9H2,1-2H3. The molecule has 1 aromatic rings. The van der Waals surface area contributed by atoms with Gasteiger partial charge in [0.05, 0.1) is 12.3 Å². The fraction of sp³-hybridized carbons (Fsp3) is 0.389. The Morgan fingerprint density at radius 3 is 2.44 bits per heavy atom. The van der Waals surface area contributed by atoms with Crippen LogP contribution in [0.15, 0.2) is 33.8 Å². The second-order valence-electron chi connectivity index (χ2n) is 6.23. The van der Waals surface area contributed by atoms with E-state index in [9.17, 15) is 19.2 Å². The number of hydrogen-bond donors (Lipinski definition) is 0. The number of hydrogen-bond acceptors (Lipinski definition) is 7. The highest BCUT2D eigenvalue weighted by Gasteiger charge is 2.58. The van der Waals surface area contributed by atoms with Crippen molar-refractivity contribution in [2.75, 3.05) is 18.1 Å². The van der Waals surface area contributed by atoms with Gasteiger partial charge in [-0.05, 0) is 38.1 Å². The molecular formula is C18H18BrN3O5. The first-order valence-electron chi connectivity index (χ1n) is 8.50. The van der Waals surface area contributed by atoms with Crippen LogP contribution < -0.4 is 4.90 Å². The van der Waals surface area contributed by atoms with Gasteiger partial charge in [-0.2, -0.15) is 5.10 Å². The first-order chi connectivity index (χ1) is 12.8. The minimum Gasteiger partial charge on any atom is -0.461 e. The summed E-state index contributed by atoms with van der Waals surface area (Å²) in [5.74, 6) is -2.83. The van der Waals surface area contributed by atoms with Crippen molar-refractivity contribution >= 4 is 50.9 Å². The molecule has 0 aromatic heterocycles. The number of rotatable bonds is 6. The van der Waals surface area contributed by atoms with E-state index >= 15 is 0 Å². The number of anilines is 1. The molecule has 8 nitrogen and oxygen atoms in total. The largest absolute Gasteiger partial charge is 0.461 e. The van der Waals surface area contributed by atoms with Crippen LogP contribution in [-0.4, -0.2) is 53.5 Å². The molecule has 0 N–H and O–H groups in total. The summed E-state index contributed by atoms with van der Waals surface area (Å²) >= 11 is 3.31. The zero-order valence-electron chi connectivity index (χ0n) is 14.8. The molecule has 142 valence electrons. The molecule has 0 aliphatic carbocycles. The van der Waals surface area contributed by atoms with Gasteiger partial charge in [0.2, 0.25) is 5.91 Å². The fourth-order valence-corrected chi connectivity index (χ4v) is 3.43. The topological polar surface area (TPSA) is 96.3 Å². The van der Waals surface area contributed by atoms with Gasteiger partial charge in [-0.3, -0.25) is 19.4 Å². The Balaban J connectivity index is 1.96. The predicted molar refractivity (Wildman–Crippen MR) is 100.0 cm³/mol. The summed E-state index contributed by atoms with van der Waals surface area (Å²) in [6, 6.07) is 5.78. The van der Waals surface area contributed by atoms with Gasteiger partial charge in [-0.15, -0.1) is 0 Å². The van der Waals surface area contributed by atoms with Crippen LogP contribution in [0, 0.1) is 5.92 Å². The molecular weight excluding hydrogens is 418 g/mol. The first-order valence-corrected chi connectivity index (χ1v) is 9.29. The van der Waals surface area contributed by atoms with Crippen molar-refractivity contribution in [2.45, 2.75) is 26.3 Å². The Labute approximate surface area is 164 Å². The number of Topliss-reactive ketones (excluding diaryl/α,β-unsaturated/α-hetero) is 1. The third kappa shape index (κ3) is 3.51. The molecule has 2 aliphatic rings. The average Bonchev–Trinajstić information content (AvgIpc) is 3.12. The molecule has 1 saturated heterocycles. The van der Waals surface area contributed by atoms with Gasteiger partial charge in [-0.25, -0.2) is 9.69 Å². The van der Waals surface area contributed by atoms with Crippen molar-refractivity contribution in [1.82, 2.24) is 5.01 Å². The van der Waals surface area contributed by atoms with Crippen LogP contribution in [0.25, 0.3) is 0 Å². The summed E-state index contributed by atoms with van der Waals surface area (Å²) in [7, 11) is 0. The van der Waals surface area contributed by atoms with Crippen molar-refractivity contribution in [2.24, 2.45) is 11.0 Å². The summed E-state index contributed by atoms with van der Waals surface area (Å²) < 4.78 is 5.80. The van der Waals surface area contributed by atoms with Crippen molar-refractivity contribution in [3.8, 4) is 0 Å². The maximum absolute atomic E-state index is 13.0. The first kappa shape index (κ1) is 19.2. The lowest BCUT2D eigenvalue weighted by molar-refractivity contribution is -0.136. The minimum absolute atomic E-state index is 0.0760. The molecule has 2 atom stereocenters. The maximum atomic E-state index is 13.0. The highest BCUT2D eigenvalue weighted by atomic mass is 79.9. The number of benzene rings is 1. The highest BCUT2D eigenvalue weighted by molar-refractivity contribution is 9.10. The van der Waals surface area contributed by atoms with Crippen LogP contribution in [0.2, 0.25) is 0 Å². The fourth-order valence-electron chi connectivity index (χ4n) is 3.16. The van der Waals surface area contributed by atoms with E-state index in [1.807, 2.05) is 0 Å². The van der Waals surface area contributed by atoms with Gasteiger partial charge in [0.15, 0.2) is 5.71 Å². The lowest BCUT2D eigenvalue weighted by atomic mass is 9.98. The molecule has 3 rings (SSSR count). The van der Waals surface area contributed by atoms with E-state index in [2.05, 4.69) is 21.0 Å². The van der Waals surface area contributed by atoms with Crippen molar-refractivity contribution < 1.29 is 23.9 Å². The third-order valence-corrected chi connectivity index (χ3v) is 4.92. The molecule has 2 aliphatic heterocycles. The molecule has 0 bridgehead atoms. The van der Waals surface area contributed by atoms with E-state index in [4.69, 9.17) is 4.74 Å². The SMILES string of the molecule is CCOC(=O)C1=NN(CCC(C)=O)C2C(=O)N(c3ccc(Br)cc3)C(=O)C12. The number of esters is 1. The number of carbonyl (C=O) groups is 4. The zero-order valence-corrected chi connectivity index (χ0v) is 16.4. The molecule has 1 aromatic carbocycles. The van der Waals surface area contributed by atoms with E-state index < -0.39 is 29.7 Å². The summed E-state index contributed by atoms with van der Waals surface area (Å²) in [6.07, 6.45) is 0.155. The number of fused-ring (bicyclic) bond motifs is 1. The molecule has 0 saturated carbocycles. The normalized spacial score (nSPS) is 21.4. The Kier molecular flexibility index (Phi) is 5.41. The van der Waals surface area contributed by atoms with Gasteiger partial charge in [0.1, 0.15) is 17.7 Å². The summed E-state index contributed by atoms with van der Waals surface area (Å²) in [5, 5.41) is 5.51. The summed E-state index contributed by atoms with van der Waals surface area (Å²) in [6.45, 7) is 3.35. The lowest BCUT2D eigenvalue weighted by Gasteiger charge is -2.21. The van der Waals surface area contributed by atoms with Gasteiger partial charge >= 0.3 is 5.97 Å². The second-order valence-corrected chi connectivity index (χ2v) is 7.15. The van der Waals surface area contributed by atoms with Crippen LogP contribution in [0.4, 0.5) is 5.69 Å². The summed E-state index contributed by atoms with van der Waals surface area (Å²) in [5.41, 5.74) is 0.320. The number of hydrazone groups is 1. The molecule has 27 heavy (non-hydrogen) atoms. The van der Waals surface area contributed by atoms with Crippen LogP contribution in [0.5, 0.6) is 0 Å². The van der Waals surface area contributed by atoms with E-state index in [1.54, 1.807) is 31.2 Å². The van der Waals surface area contributed by atoms with E-state index in [1.165, 1.54) is 11.9 Å². The smallest absolute Gasteiger partial charge is 0.355 e. The Morgan fingerprint density at radius 1 is 1.19 bits per heavy atom. The molecule has 9 heteroatoms. The van der Waals surface area contributed by atoms with Crippen LogP contribution in [0.3, 0.4) is 0 Å². The molecule has 1 fully saturated rings. The average molecular weight is 436 g/mol. The summed E-state index contributed by atoms with van der Waals surface area (Å²) in [4.78, 5) is 50.7. The molecule has 0 radical (unpaired) electrons. The zero-order chi connectivity index (χ0) is 19.7. The maximum Gasteiger partial charge on any atom is 0.355 e. The number of imide groups is 1. The lowest BCUT2D eigenvalue weighted by Crippen LogP contribution is -2.39. The number of ether oxygens (including phenoxy) is 1. The third-order valence-electron chi connectivity index (χ3n) is 4.39. The predicted octanol–water partition coefficient (Wildman–Crippen LogP) is 1.52. The second kappa shape index (κ2) is 7.59. The quantitative estimate of drug-likeness (QED) is 0.496. The molecule has 2 amide bonds. The molecule has 2 unspecified atom stereocenters. The Bertz CT molecular complexity index is 836. The van der Waals surface area contributed by atoms with Gasteiger partial charge in [0, 0.05) is 17.4 Å². The van der Waals surface area contributed by atoms with Crippen LogP contribution in [0.1, 0.15) is 20.3 Å². The number of carbonyl (C=O) groups excluding carboxylic acids is 4. The van der Waals surface area contributed by atoms with Crippen LogP contribution >= 0.6 is 15.9 Å². The Morgan fingerprint density at radius 2 is 1.85 bits per heavy atom. The highest BCUT2D eigenvalue weighted by Crippen LogP contribution is 2.35. The number of halogens is 1. The van der Waals surface area contributed by atoms with Gasteiger partial charge in [0.25, 0.3) is 5.91 Å². The monoisotopic (exact) mass is 435 g/mol. The van der Waals surface area contributed by atoms with Crippen LogP contribution in [-0.2, 0) is 23.9 Å². The molecule has 0 spiro atoms. The van der Waals surface area contributed by atoms with Gasteiger partial charge < -0.3 is 4.74 Å². The minimum atomic E-state index is -1.04. The van der Waals surface area contributed by atoms with Crippen molar-refractivity contribution in [3.63, 3.8) is 0 Å². The van der Waals surface area contributed by atoms with E-state index in [-0.39, 0.29) is 31.1 Å². The number of ketones is 1. The van der Waals surface area contributed by atoms with E-state index in [0.717, 1.165) is 9.37 Å². The number of nitrogens with zero attached hydrogens (tertiary/aromatic N) is 3. The Hall–Kier alpha value is -2.55. The van der Waals surface area contributed by atoms with Crippen molar-refractivity contribution in [3.05, 3.63) is 28.7 Å². The number of amides is 2.